The van der Waals surface area contributed by atoms with Crippen molar-refractivity contribution in [3.8, 4) is 0 Å². The van der Waals surface area contributed by atoms with Gasteiger partial charge in [-0.05, 0) is 17.7 Å². The van der Waals surface area contributed by atoms with Crippen molar-refractivity contribution in [1.29, 1.82) is 0 Å². The van der Waals surface area contributed by atoms with Gasteiger partial charge in [-0.1, -0.05) is 41.9 Å². The molecular weight excluding hydrogens is 258 g/mol. The van der Waals surface area contributed by atoms with E-state index in [0.29, 0.717) is 0 Å². The van der Waals surface area contributed by atoms with Gasteiger partial charge in [-0.25, -0.2) is 8.78 Å². The van der Waals surface area contributed by atoms with Crippen LogP contribution in [-0.4, -0.2) is 5.78 Å². The van der Waals surface area contributed by atoms with Gasteiger partial charge in [-0.3, -0.25) is 4.79 Å². The molecule has 92 valence electrons. The Bertz CT molecular complexity index is 582. The Morgan fingerprint density at radius 3 is 2.39 bits per heavy atom. The van der Waals surface area contributed by atoms with Crippen molar-refractivity contribution < 1.29 is 13.6 Å². The monoisotopic (exact) mass is 266 g/mol. The van der Waals surface area contributed by atoms with Gasteiger partial charge in [0.1, 0.15) is 0 Å². The molecule has 0 amide bonds. The Hall–Kier alpha value is -1.74. The Labute approximate surface area is 108 Å². The molecule has 0 aliphatic carbocycles. The lowest BCUT2D eigenvalue weighted by Crippen LogP contribution is -2.08. The highest BCUT2D eigenvalue weighted by Crippen LogP contribution is 2.23. The van der Waals surface area contributed by atoms with Gasteiger partial charge in [0.25, 0.3) is 0 Å². The van der Waals surface area contributed by atoms with Crippen molar-refractivity contribution in [1.82, 2.24) is 0 Å². The highest BCUT2D eigenvalue weighted by molar-refractivity contribution is 6.34. The Morgan fingerprint density at radius 2 is 1.72 bits per heavy atom. The van der Waals surface area contributed by atoms with E-state index in [1.807, 2.05) is 6.07 Å². The van der Waals surface area contributed by atoms with E-state index in [9.17, 15) is 13.6 Å². The molecule has 0 aliphatic rings. The lowest BCUT2D eigenvalue weighted by molar-refractivity contribution is 0.0988. The van der Waals surface area contributed by atoms with Crippen LogP contribution in [0.25, 0.3) is 0 Å². The molecule has 0 bridgehead atoms. The summed E-state index contributed by atoms with van der Waals surface area (Å²) in [5.41, 5.74) is 0.336. The molecule has 0 saturated carbocycles. The highest BCUT2D eigenvalue weighted by atomic mass is 35.5. The van der Waals surface area contributed by atoms with Crippen molar-refractivity contribution >= 4 is 17.4 Å². The zero-order valence-corrected chi connectivity index (χ0v) is 10.0. The van der Waals surface area contributed by atoms with Crippen LogP contribution >= 0.6 is 11.6 Å². The number of Topliss-reactive ketones (excluding diaryl/α,β-unsaturated/α-hetero) is 1. The van der Waals surface area contributed by atoms with Crippen LogP contribution in [0.3, 0.4) is 0 Å². The van der Waals surface area contributed by atoms with Crippen molar-refractivity contribution in [2.75, 3.05) is 0 Å². The van der Waals surface area contributed by atoms with Crippen LogP contribution in [0, 0.1) is 11.6 Å². The van der Waals surface area contributed by atoms with Crippen molar-refractivity contribution in [2.45, 2.75) is 6.42 Å². The van der Waals surface area contributed by atoms with Crippen LogP contribution < -0.4 is 0 Å². The molecule has 0 heterocycles. The second kappa shape index (κ2) is 5.27. The van der Waals surface area contributed by atoms with E-state index in [4.69, 9.17) is 11.6 Å². The molecule has 2 aromatic carbocycles. The number of carbonyl (C=O) groups is 1. The fourth-order valence-corrected chi connectivity index (χ4v) is 1.90. The first-order chi connectivity index (χ1) is 8.59. The summed E-state index contributed by atoms with van der Waals surface area (Å²) < 4.78 is 26.6. The fourth-order valence-electron chi connectivity index (χ4n) is 1.65. The third-order valence-electron chi connectivity index (χ3n) is 2.53. The van der Waals surface area contributed by atoms with Crippen LogP contribution in [0.15, 0.2) is 42.5 Å². The fraction of sp³-hybridized carbons (Fsp3) is 0.0714. The smallest absolute Gasteiger partial charge is 0.171 e. The predicted molar refractivity (Wildman–Crippen MR) is 65.8 cm³/mol. The Kier molecular flexibility index (Phi) is 3.72. The zero-order valence-electron chi connectivity index (χ0n) is 9.29. The maximum absolute atomic E-state index is 13.5. The summed E-state index contributed by atoms with van der Waals surface area (Å²) in [5.74, 6) is -2.80. The average molecular weight is 267 g/mol. The molecule has 0 fully saturated rings. The van der Waals surface area contributed by atoms with Crippen molar-refractivity contribution in [2.24, 2.45) is 0 Å². The van der Waals surface area contributed by atoms with E-state index in [1.54, 1.807) is 24.3 Å². The second-order valence-electron chi connectivity index (χ2n) is 3.80. The zero-order chi connectivity index (χ0) is 13.1. The van der Waals surface area contributed by atoms with E-state index in [0.717, 1.165) is 11.6 Å². The van der Waals surface area contributed by atoms with Gasteiger partial charge in [-0.2, -0.15) is 0 Å². The maximum atomic E-state index is 13.5. The summed E-state index contributed by atoms with van der Waals surface area (Å²) >= 11 is 5.74. The minimum Gasteiger partial charge on any atom is -0.294 e. The topological polar surface area (TPSA) is 17.1 Å². The maximum Gasteiger partial charge on any atom is 0.171 e. The second-order valence-corrected chi connectivity index (χ2v) is 4.21. The molecule has 2 rings (SSSR count). The number of carbonyl (C=O) groups excluding carboxylic acids is 1. The molecule has 0 radical (unpaired) electrons. The molecule has 0 saturated heterocycles. The van der Waals surface area contributed by atoms with Crippen molar-refractivity contribution in [3.05, 3.63) is 70.2 Å². The lowest BCUT2D eigenvalue weighted by Gasteiger charge is -2.06. The molecule has 0 aliphatic heterocycles. The number of ketones is 1. The Balaban J connectivity index is 2.33. The van der Waals surface area contributed by atoms with E-state index in [1.165, 1.54) is 6.07 Å². The van der Waals surface area contributed by atoms with Gasteiger partial charge in [-0.15, -0.1) is 0 Å². The number of benzene rings is 2. The molecule has 18 heavy (non-hydrogen) atoms. The van der Waals surface area contributed by atoms with E-state index < -0.39 is 17.4 Å². The number of hydrogen-bond acceptors (Lipinski definition) is 1. The van der Waals surface area contributed by atoms with Crippen LogP contribution in [-0.2, 0) is 6.42 Å². The average Bonchev–Trinajstić information content (AvgIpc) is 2.36. The summed E-state index contributed by atoms with van der Waals surface area (Å²) in [4.78, 5) is 11.9. The number of halogens is 3. The normalized spacial score (nSPS) is 10.4. The van der Waals surface area contributed by atoms with Gasteiger partial charge >= 0.3 is 0 Å². The van der Waals surface area contributed by atoms with E-state index in [-0.39, 0.29) is 17.0 Å². The van der Waals surface area contributed by atoms with E-state index in [2.05, 4.69) is 0 Å². The molecule has 4 heteroatoms. The summed E-state index contributed by atoms with van der Waals surface area (Å²) in [7, 11) is 0. The molecule has 0 aromatic heterocycles. The van der Waals surface area contributed by atoms with Gasteiger partial charge in [0, 0.05) is 6.42 Å². The minimum absolute atomic E-state index is 0.0130. The SMILES string of the molecule is O=C(Cc1ccccc1)c1c(Cl)ccc(F)c1F. The number of hydrogen-bond donors (Lipinski definition) is 0. The summed E-state index contributed by atoms with van der Waals surface area (Å²) in [5, 5.41) is -0.0742. The summed E-state index contributed by atoms with van der Waals surface area (Å²) in [6, 6.07) is 10.9. The standard InChI is InChI=1S/C14H9ClF2O/c15-10-6-7-11(16)14(17)13(10)12(18)8-9-4-2-1-3-5-9/h1-7H,8H2. The third-order valence-corrected chi connectivity index (χ3v) is 2.85. The van der Waals surface area contributed by atoms with Crippen LogP contribution in [0.1, 0.15) is 15.9 Å². The molecule has 2 aromatic rings. The predicted octanol–water partition coefficient (Wildman–Crippen LogP) is 4.04. The van der Waals surface area contributed by atoms with E-state index >= 15 is 0 Å². The first-order valence-corrected chi connectivity index (χ1v) is 5.68. The minimum atomic E-state index is -1.19. The quantitative estimate of drug-likeness (QED) is 0.605. The molecule has 0 N–H and O–H groups in total. The largest absolute Gasteiger partial charge is 0.294 e. The highest BCUT2D eigenvalue weighted by Gasteiger charge is 2.19. The summed E-state index contributed by atoms with van der Waals surface area (Å²) in [6.07, 6.45) is -0.0130. The Morgan fingerprint density at radius 1 is 1.06 bits per heavy atom. The van der Waals surface area contributed by atoms with Gasteiger partial charge < -0.3 is 0 Å². The first-order valence-electron chi connectivity index (χ1n) is 5.30. The molecule has 0 atom stereocenters. The lowest BCUT2D eigenvalue weighted by atomic mass is 10.0. The van der Waals surface area contributed by atoms with Crippen molar-refractivity contribution in [3.63, 3.8) is 0 Å². The third kappa shape index (κ3) is 2.57. The molecular formula is C14H9ClF2O. The molecule has 1 nitrogen and oxygen atoms in total. The molecule has 0 unspecified atom stereocenters. The van der Waals surface area contributed by atoms with Gasteiger partial charge in [0.05, 0.1) is 10.6 Å². The summed E-state index contributed by atoms with van der Waals surface area (Å²) in [6.45, 7) is 0. The van der Waals surface area contributed by atoms with Crippen LogP contribution in [0.5, 0.6) is 0 Å². The first kappa shape index (κ1) is 12.7. The van der Waals surface area contributed by atoms with Gasteiger partial charge in [0.2, 0.25) is 0 Å². The molecule has 0 spiro atoms. The van der Waals surface area contributed by atoms with Gasteiger partial charge in [0.15, 0.2) is 17.4 Å². The van der Waals surface area contributed by atoms with Crippen LogP contribution in [0.4, 0.5) is 8.78 Å². The number of rotatable bonds is 3. The van der Waals surface area contributed by atoms with Crippen LogP contribution in [0.2, 0.25) is 5.02 Å².